The van der Waals surface area contributed by atoms with Crippen molar-refractivity contribution >= 4 is 79.0 Å². The van der Waals surface area contributed by atoms with Crippen LogP contribution in [-0.4, -0.2) is 11.3 Å². The van der Waals surface area contributed by atoms with Gasteiger partial charge < -0.3 is 14.4 Å². The maximum Gasteiger partial charge on any atom is 0.252 e. The quantitative estimate of drug-likeness (QED) is 0.181. The lowest BCUT2D eigenvalue weighted by atomic mass is 9.33. The summed E-state index contributed by atoms with van der Waals surface area (Å²) in [4.78, 5) is 4.96. The molecule has 232 valence electrons. The molecule has 0 aliphatic carbocycles. The summed E-state index contributed by atoms with van der Waals surface area (Å²) < 4.78 is 2.43. The minimum Gasteiger partial charge on any atom is -0.311 e. The van der Waals surface area contributed by atoms with Crippen LogP contribution in [0.3, 0.4) is 0 Å². The van der Waals surface area contributed by atoms with E-state index in [0.717, 1.165) is 11.4 Å². The number of nitrogens with zero attached hydrogens (tertiary/aromatic N) is 3. The molecule has 0 fully saturated rings. The van der Waals surface area contributed by atoms with Gasteiger partial charge in [-0.15, -0.1) is 0 Å². The second kappa shape index (κ2) is 10.5. The SMILES string of the molecule is Cc1ccc(N2c3ccc(C)cc3B3c4ccc(-n5c6ccccc6c6ccccc65)cc4N(c4ccc(C)cc4)c4cccc2c43)cc1. The summed E-state index contributed by atoms with van der Waals surface area (Å²) in [6.45, 7) is 6.62. The van der Waals surface area contributed by atoms with Crippen molar-refractivity contribution in [1.82, 2.24) is 4.57 Å². The molecule has 0 unspecified atom stereocenters. The predicted octanol–water partition coefficient (Wildman–Crippen LogP) is 9.79. The van der Waals surface area contributed by atoms with Gasteiger partial charge in [0.1, 0.15) is 0 Å². The molecule has 0 atom stereocenters. The van der Waals surface area contributed by atoms with Gasteiger partial charge in [0.15, 0.2) is 0 Å². The zero-order chi connectivity index (χ0) is 32.8. The van der Waals surface area contributed by atoms with E-state index in [9.17, 15) is 0 Å². The number of hydrogen-bond donors (Lipinski definition) is 0. The van der Waals surface area contributed by atoms with Crippen LogP contribution < -0.4 is 26.2 Å². The zero-order valence-corrected chi connectivity index (χ0v) is 27.9. The van der Waals surface area contributed by atoms with E-state index in [1.54, 1.807) is 0 Å². The molecule has 7 aromatic carbocycles. The highest BCUT2D eigenvalue weighted by atomic mass is 15.2. The molecule has 3 heterocycles. The van der Waals surface area contributed by atoms with Crippen LogP contribution in [0.1, 0.15) is 16.7 Å². The highest BCUT2D eigenvalue weighted by Crippen LogP contribution is 2.44. The van der Waals surface area contributed by atoms with Crippen molar-refractivity contribution in [2.45, 2.75) is 20.8 Å². The van der Waals surface area contributed by atoms with Gasteiger partial charge in [0.05, 0.1) is 11.0 Å². The summed E-state index contributed by atoms with van der Waals surface area (Å²) in [5, 5.41) is 2.54. The second-order valence-corrected chi connectivity index (χ2v) is 13.7. The molecule has 49 heavy (non-hydrogen) atoms. The smallest absolute Gasteiger partial charge is 0.252 e. The van der Waals surface area contributed by atoms with E-state index in [2.05, 4.69) is 187 Å². The third-order valence-electron chi connectivity index (χ3n) is 10.6. The fourth-order valence-electron chi connectivity index (χ4n) is 8.33. The molecular weight excluding hydrogens is 593 g/mol. The third-order valence-corrected chi connectivity index (χ3v) is 10.6. The Labute approximate surface area is 287 Å². The largest absolute Gasteiger partial charge is 0.311 e. The average Bonchev–Trinajstić information content (AvgIpc) is 3.47. The number of hydrogen-bond acceptors (Lipinski definition) is 2. The Hall–Kier alpha value is -6.00. The number of benzene rings is 7. The number of para-hydroxylation sites is 2. The van der Waals surface area contributed by atoms with E-state index in [1.165, 1.54) is 83.3 Å². The Morgan fingerprint density at radius 1 is 0.388 bits per heavy atom. The first kappa shape index (κ1) is 28.1. The number of fused-ring (bicyclic) bond motifs is 7. The predicted molar refractivity (Wildman–Crippen MR) is 209 cm³/mol. The van der Waals surface area contributed by atoms with E-state index in [4.69, 9.17) is 0 Å². The first-order valence-corrected chi connectivity index (χ1v) is 17.1. The van der Waals surface area contributed by atoms with Crippen molar-refractivity contribution in [2.24, 2.45) is 0 Å². The van der Waals surface area contributed by atoms with Crippen molar-refractivity contribution in [3.05, 3.63) is 168 Å². The molecule has 8 aromatic rings. The Morgan fingerprint density at radius 3 is 1.53 bits per heavy atom. The van der Waals surface area contributed by atoms with Crippen LogP contribution in [0.25, 0.3) is 27.5 Å². The summed E-state index contributed by atoms with van der Waals surface area (Å²) in [6.07, 6.45) is 0. The fourth-order valence-corrected chi connectivity index (χ4v) is 8.33. The van der Waals surface area contributed by atoms with Crippen LogP contribution >= 0.6 is 0 Å². The number of anilines is 6. The summed E-state index contributed by atoms with van der Waals surface area (Å²) in [6, 6.07) is 56.5. The van der Waals surface area contributed by atoms with Gasteiger partial charge in [-0.2, -0.15) is 0 Å². The van der Waals surface area contributed by atoms with Crippen LogP contribution in [0.2, 0.25) is 0 Å². The lowest BCUT2D eigenvalue weighted by Gasteiger charge is -2.44. The minimum absolute atomic E-state index is 0.0895. The van der Waals surface area contributed by atoms with Gasteiger partial charge in [0.25, 0.3) is 6.71 Å². The van der Waals surface area contributed by atoms with Crippen molar-refractivity contribution in [3.8, 4) is 5.69 Å². The molecular formula is C45H34BN3. The molecule has 2 aliphatic rings. The van der Waals surface area contributed by atoms with Gasteiger partial charge in [-0.25, -0.2) is 0 Å². The monoisotopic (exact) mass is 627 g/mol. The van der Waals surface area contributed by atoms with E-state index in [0.29, 0.717) is 0 Å². The summed E-state index contributed by atoms with van der Waals surface area (Å²) in [5.74, 6) is 0. The summed E-state index contributed by atoms with van der Waals surface area (Å²) in [7, 11) is 0. The van der Waals surface area contributed by atoms with Crippen LogP contribution in [0.4, 0.5) is 34.1 Å². The minimum atomic E-state index is 0.0895. The van der Waals surface area contributed by atoms with Gasteiger partial charge in [0, 0.05) is 50.6 Å². The Bertz CT molecular complexity index is 2540. The van der Waals surface area contributed by atoms with Crippen molar-refractivity contribution in [1.29, 1.82) is 0 Å². The molecule has 0 saturated carbocycles. The normalized spacial score (nSPS) is 13.1. The first-order valence-electron chi connectivity index (χ1n) is 17.1. The molecule has 0 saturated heterocycles. The molecule has 4 heteroatoms. The zero-order valence-electron chi connectivity index (χ0n) is 27.9. The van der Waals surface area contributed by atoms with Crippen molar-refractivity contribution in [2.75, 3.05) is 9.80 Å². The van der Waals surface area contributed by atoms with Gasteiger partial charge >= 0.3 is 0 Å². The van der Waals surface area contributed by atoms with Crippen molar-refractivity contribution < 1.29 is 0 Å². The number of rotatable bonds is 3. The fraction of sp³-hybridized carbons (Fsp3) is 0.0667. The first-order chi connectivity index (χ1) is 24.0. The lowest BCUT2D eigenvalue weighted by molar-refractivity contribution is 1.17. The maximum atomic E-state index is 2.50. The second-order valence-electron chi connectivity index (χ2n) is 13.7. The maximum absolute atomic E-state index is 2.50. The number of aryl methyl sites for hydroxylation is 3. The molecule has 0 spiro atoms. The third kappa shape index (κ3) is 4.10. The molecule has 1 aromatic heterocycles. The van der Waals surface area contributed by atoms with Gasteiger partial charge in [0.2, 0.25) is 0 Å². The molecule has 0 N–H and O–H groups in total. The molecule has 0 radical (unpaired) electrons. The van der Waals surface area contributed by atoms with E-state index in [-0.39, 0.29) is 6.71 Å². The van der Waals surface area contributed by atoms with Crippen LogP contribution in [0.5, 0.6) is 0 Å². The van der Waals surface area contributed by atoms with E-state index >= 15 is 0 Å². The molecule has 10 rings (SSSR count). The van der Waals surface area contributed by atoms with E-state index in [1.807, 2.05) is 0 Å². The standard InChI is InChI=1S/C45H34BN3/c1-29-15-20-32(21-16-29)47-41-26-19-31(3)27-38(41)46-37-25-24-34(49-39-11-6-4-9-35(39)36-10-5-7-12-40(36)49)28-44(37)48(33-22-17-30(2)18-23-33)43-14-8-13-42(47)45(43)46/h4-28H,1-3H3. The number of aromatic nitrogens is 1. The van der Waals surface area contributed by atoms with Gasteiger partial charge in [-0.3, -0.25) is 0 Å². The lowest BCUT2D eigenvalue weighted by Crippen LogP contribution is -2.61. The average molecular weight is 628 g/mol. The summed E-state index contributed by atoms with van der Waals surface area (Å²) in [5.41, 5.74) is 18.6. The van der Waals surface area contributed by atoms with Crippen LogP contribution in [0.15, 0.2) is 152 Å². The summed E-state index contributed by atoms with van der Waals surface area (Å²) >= 11 is 0. The molecule has 3 nitrogen and oxygen atoms in total. The Morgan fingerprint density at radius 2 is 0.918 bits per heavy atom. The van der Waals surface area contributed by atoms with Crippen LogP contribution in [0, 0.1) is 20.8 Å². The van der Waals surface area contributed by atoms with E-state index < -0.39 is 0 Å². The van der Waals surface area contributed by atoms with Crippen LogP contribution in [-0.2, 0) is 0 Å². The Balaban J connectivity index is 1.28. The van der Waals surface area contributed by atoms with Crippen molar-refractivity contribution in [3.63, 3.8) is 0 Å². The molecule has 0 amide bonds. The molecule has 0 bridgehead atoms. The topological polar surface area (TPSA) is 11.4 Å². The molecule has 2 aliphatic heterocycles. The Kier molecular flexibility index (Phi) is 6.01. The van der Waals surface area contributed by atoms with Gasteiger partial charge in [-0.1, -0.05) is 102 Å². The highest BCUT2D eigenvalue weighted by molar-refractivity contribution is 7.00. The van der Waals surface area contributed by atoms with Gasteiger partial charge in [-0.05, 0) is 104 Å². The highest BCUT2D eigenvalue weighted by Gasteiger charge is 2.43.